The average molecular weight is 334 g/mol. The maximum absolute atomic E-state index is 13.0. The fourth-order valence-electron chi connectivity index (χ4n) is 2.72. The Morgan fingerprint density at radius 1 is 1.04 bits per heavy atom. The number of nitrogens with zero attached hydrogens (tertiary/aromatic N) is 4. The molecular weight excluding hydrogens is 323 g/mol. The molecule has 4 rings (SSSR count). The molecule has 0 aliphatic rings. The van der Waals surface area contributed by atoms with Gasteiger partial charge in [0.25, 0.3) is 0 Å². The molecule has 7 heteroatoms. The van der Waals surface area contributed by atoms with Crippen molar-refractivity contribution in [1.82, 2.24) is 14.4 Å². The third kappa shape index (κ3) is 2.72. The topological polar surface area (TPSA) is 73.3 Å². The lowest BCUT2D eigenvalue weighted by molar-refractivity contribution is -0.388. The van der Waals surface area contributed by atoms with Gasteiger partial charge in [0.1, 0.15) is 12.0 Å². The van der Waals surface area contributed by atoms with Crippen LogP contribution in [-0.4, -0.2) is 19.3 Å². The van der Waals surface area contributed by atoms with Crippen LogP contribution in [0.3, 0.4) is 0 Å². The third-order valence-electron chi connectivity index (χ3n) is 3.89. The van der Waals surface area contributed by atoms with E-state index in [1.54, 1.807) is 24.4 Å². The molecular formula is C18H11FN4O2. The van der Waals surface area contributed by atoms with Crippen LogP contribution >= 0.6 is 0 Å². The van der Waals surface area contributed by atoms with Crippen molar-refractivity contribution in [2.75, 3.05) is 0 Å². The number of hydrogen-bond donors (Lipinski definition) is 0. The zero-order chi connectivity index (χ0) is 17.4. The molecule has 0 spiro atoms. The highest BCUT2D eigenvalue weighted by molar-refractivity contribution is 5.76. The van der Waals surface area contributed by atoms with Gasteiger partial charge in [0, 0.05) is 29.0 Å². The van der Waals surface area contributed by atoms with Gasteiger partial charge in [0.2, 0.25) is 0 Å². The Bertz CT molecular complexity index is 1090. The predicted octanol–water partition coefficient (Wildman–Crippen LogP) is 4.11. The van der Waals surface area contributed by atoms with Gasteiger partial charge in [-0.1, -0.05) is 0 Å². The highest BCUT2D eigenvalue weighted by Crippen LogP contribution is 2.30. The number of hydrogen-bond acceptors (Lipinski definition) is 4. The number of rotatable bonds is 3. The van der Waals surface area contributed by atoms with Gasteiger partial charge < -0.3 is 14.5 Å². The van der Waals surface area contributed by atoms with Crippen LogP contribution in [0.5, 0.6) is 0 Å². The first-order valence-electron chi connectivity index (χ1n) is 7.45. The smallest absolute Gasteiger partial charge is 0.358 e. The van der Waals surface area contributed by atoms with Crippen LogP contribution in [0.2, 0.25) is 0 Å². The largest absolute Gasteiger partial charge is 0.371 e. The lowest BCUT2D eigenvalue weighted by Crippen LogP contribution is -1.94. The molecule has 0 aromatic carbocycles. The summed E-state index contributed by atoms with van der Waals surface area (Å²) in [5, 5.41) is 11.2. The molecule has 0 bridgehead atoms. The van der Waals surface area contributed by atoms with Gasteiger partial charge in [0.05, 0.1) is 17.5 Å². The molecule has 4 aromatic heterocycles. The Kier molecular flexibility index (Phi) is 3.46. The Morgan fingerprint density at radius 2 is 1.88 bits per heavy atom. The van der Waals surface area contributed by atoms with E-state index in [0.29, 0.717) is 16.8 Å². The van der Waals surface area contributed by atoms with Crippen LogP contribution in [-0.2, 0) is 0 Å². The first kappa shape index (κ1) is 14.9. The summed E-state index contributed by atoms with van der Waals surface area (Å²) >= 11 is 0. The minimum absolute atomic E-state index is 0.182. The Balaban J connectivity index is 1.81. The standard InChI is InChI=1S/C18H11FN4O2/c19-14-4-6-17(21-9-14)12-3-5-15-8-13(11-22(15)10-12)16-2-1-7-20-18(16)23(24)25/h1-11H. The van der Waals surface area contributed by atoms with Crippen molar-refractivity contribution in [1.29, 1.82) is 0 Å². The maximum Gasteiger partial charge on any atom is 0.371 e. The van der Waals surface area contributed by atoms with Gasteiger partial charge in [-0.05, 0) is 52.4 Å². The van der Waals surface area contributed by atoms with Crippen molar-refractivity contribution < 1.29 is 9.31 Å². The lowest BCUT2D eigenvalue weighted by Gasteiger charge is -2.02. The third-order valence-corrected chi connectivity index (χ3v) is 3.89. The van der Waals surface area contributed by atoms with E-state index in [9.17, 15) is 14.5 Å². The van der Waals surface area contributed by atoms with Crippen molar-refractivity contribution in [2.24, 2.45) is 0 Å². The molecule has 0 saturated heterocycles. The molecule has 0 atom stereocenters. The van der Waals surface area contributed by atoms with E-state index in [0.717, 1.165) is 11.1 Å². The molecule has 6 nitrogen and oxygen atoms in total. The molecule has 0 aliphatic heterocycles. The van der Waals surface area contributed by atoms with E-state index in [1.165, 1.54) is 18.5 Å². The zero-order valence-electron chi connectivity index (χ0n) is 12.8. The molecule has 0 aliphatic carbocycles. The minimum atomic E-state index is -0.495. The molecule has 25 heavy (non-hydrogen) atoms. The van der Waals surface area contributed by atoms with Crippen LogP contribution < -0.4 is 0 Å². The molecule has 4 heterocycles. The van der Waals surface area contributed by atoms with Crippen LogP contribution in [0, 0.1) is 15.9 Å². The maximum atomic E-state index is 13.0. The second-order valence-electron chi connectivity index (χ2n) is 5.47. The summed E-state index contributed by atoms with van der Waals surface area (Å²) in [6.07, 6.45) is 6.21. The zero-order valence-corrected chi connectivity index (χ0v) is 12.8. The van der Waals surface area contributed by atoms with Crippen LogP contribution in [0.15, 0.2) is 67.3 Å². The van der Waals surface area contributed by atoms with Crippen molar-refractivity contribution in [3.63, 3.8) is 0 Å². The first-order chi connectivity index (χ1) is 12.1. The lowest BCUT2D eigenvalue weighted by atomic mass is 10.1. The average Bonchev–Trinajstić information content (AvgIpc) is 3.05. The number of nitro groups is 1. The van der Waals surface area contributed by atoms with E-state index >= 15 is 0 Å². The molecule has 122 valence electrons. The fourth-order valence-corrected chi connectivity index (χ4v) is 2.72. The summed E-state index contributed by atoms with van der Waals surface area (Å²) in [6, 6.07) is 11.9. The van der Waals surface area contributed by atoms with Crippen LogP contribution in [0.1, 0.15) is 0 Å². The number of halogens is 1. The van der Waals surface area contributed by atoms with E-state index in [4.69, 9.17) is 0 Å². The summed E-state index contributed by atoms with van der Waals surface area (Å²) in [6.45, 7) is 0. The summed E-state index contributed by atoms with van der Waals surface area (Å²) in [5.41, 5.74) is 3.49. The van der Waals surface area contributed by atoms with Gasteiger partial charge in [-0.3, -0.25) is 4.98 Å². The second-order valence-corrected chi connectivity index (χ2v) is 5.47. The Morgan fingerprint density at radius 3 is 2.64 bits per heavy atom. The van der Waals surface area contributed by atoms with Gasteiger partial charge in [-0.25, -0.2) is 4.39 Å². The van der Waals surface area contributed by atoms with Crippen LogP contribution in [0.25, 0.3) is 27.9 Å². The van der Waals surface area contributed by atoms with Gasteiger partial charge in [-0.2, -0.15) is 0 Å². The molecule has 0 fully saturated rings. The highest BCUT2D eigenvalue weighted by atomic mass is 19.1. The van der Waals surface area contributed by atoms with Crippen molar-refractivity contribution in [2.45, 2.75) is 0 Å². The van der Waals surface area contributed by atoms with E-state index in [-0.39, 0.29) is 5.82 Å². The second kappa shape index (κ2) is 5.79. The van der Waals surface area contributed by atoms with Gasteiger partial charge >= 0.3 is 5.82 Å². The SMILES string of the molecule is O=[N+]([O-])c1ncccc1-c1cc2ccc(-c3ccc(F)cn3)cn2c1. The predicted molar refractivity (Wildman–Crippen MR) is 90.5 cm³/mol. The van der Waals surface area contributed by atoms with Crippen molar-refractivity contribution >= 4 is 11.3 Å². The van der Waals surface area contributed by atoms with E-state index in [1.807, 2.05) is 28.8 Å². The molecule has 0 N–H and O–H groups in total. The Labute approximate surface area is 141 Å². The van der Waals surface area contributed by atoms with Crippen molar-refractivity contribution in [3.05, 3.63) is 83.2 Å². The monoisotopic (exact) mass is 334 g/mol. The molecule has 4 aromatic rings. The van der Waals surface area contributed by atoms with Gasteiger partial charge in [0.15, 0.2) is 0 Å². The Hall–Kier alpha value is -3.61. The summed E-state index contributed by atoms with van der Waals surface area (Å²) in [7, 11) is 0. The summed E-state index contributed by atoms with van der Waals surface area (Å²) in [4.78, 5) is 18.6. The summed E-state index contributed by atoms with van der Waals surface area (Å²) in [5.74, 6) is -0.573. The van der Waals surface area contributed by atoms with Crippen molar-refractivity contribution in [3.8, 4) is 22.4 Å². The fraction of sp³-hybridized carbons (Fsp3) is 0. The molecule has 0 saturated carbocycles. The minimum Gasteiger partial charge on any atom is -0.358 e. The molecule has 0 radical (unpaired) electrons. The summed E-state index contributed by atoms with van der Waals surface area (Å²) < 4.78 is 14.9. The van der Waals surface area contributed by atoms with E-state index in [2.05, 4.69) is 9.97 Å². The van der Waals surface area contributed by atoms with Gasteiger partial charge in [-0.15, -0.1) is 0 Å². The number of pyridine rings is 3. The molecule has 0 amide bonds. The number of fused-ring (bicyclic) bond motifs is 1. The first-order valence-corrected chi connectivity index (χ1v) is 7.45. The normalized spacial score (nSPS) is 10.9. The number of aromatic nitrogens is 3. The van der Waals surface area contributed by atoms with E-state index < -0.39 is 10.7 Å². The molecule has 0 unspecified atom stereocenters. The van der Waals surface area contributed by atoms with Crippen LogP contribution in [0.4, 0.5) is 10.2 Å². The highest BCUT2D eigenvalue weighted by Gasteiger charge is 2.17. The quantitative estimate of drug-likeness (QED) is 0.417.